The molecule has 0 bridgehead atoms. The highest BCUT2D eigenvalue weighted by molar-refractivity contribution is 5.76. The van der Waals surface area contributed by atoms with Crippen LogP contribution in [0.1, 0.15) is 65.7 Å². The normalized spacial score (nSPS) is 36.0. The number of nitrogens with zero attached hydrogens (tertiary/aromatic N) is 2. The van der Waals surface area contributed by atoms with Crippen LogP contribution in [-0.4, -0.2) is 79.8 Å². The number of carbonyl (C=O) groups excluding carboxylic acids is 1. The first kappa shape index (κ1) is 23.4. The van der Waals surface area contributed by atoms with Gasteiger partial charge in [-0.05, 0) is 75.4 Å². The lowest BCUT2D eigenvalue weighted by Crippen LogP contribution is -2.57. The maximum absolute atomic E-state index is 13.1. The van der Waals surface area contributed by atoms with E-state index in [1.165, 1.54) is 19.3 Å². The van der Waals surface area contributed by atoms with Crippen molar-refractivity contribution in [1.82, 2.24) is 25.9 Å². The quantitative estimate of drug-likeness (QED) is 0.613. The topological polar surface area (TPSA) is 68.9 Å². The molecule has 7 nitrogen and oxygen atoms in total. The van der Waals surface area contributed by atoms with Gasteiger partial charge in [0.1, 0.15) is 0 Å². The lowest BCUT2D eigenvalue weighted by Gasteiger charge is -2.42. The van der Waals surface area contributed by atoms with Crippen LogP contribution in [-0.2, 0) is 9.63 Å². The molecule has 0 aromatic carbocycles. The molecular weight excluding hydrogens is 390 g/mol. The van der Waals surface area contributed by atoms with Crippen molar-refractivity contribution in [3.63, 3.8) is 0 Å². The molecule has 3 N–H and O–H groups in total. The number of piperidine rings is 2. The second kappa shape index (κ2) is 10.5. The highest BCUT2D eigenvalue weighted by Gasteiger charge is 2.38. The summed E-state index contributed by atoms with van der Waals surface area (Å²) in [6, 6.07) is 0.401. The predicted molar refractivity (Wildman–Crippen MR) is 123 cm³/mol. The highest BCUT2D eigenvalue weighted by atomic mass is 16.7. The van der Waals surface area contributed by atoms with Gasteiger partial charge in [0.25, 0.3) is 0 Å². The zero-order valence-corrected chi connectivity index (χ0v) is 20.0. The number of carbonyl (C=O) groups is 1. The molecule has 7 heteroatoms. The SMILES string of the molecule is CC(C)(C)C1CC(CC2CNCCC2CC(=O)N2CCN(C3CCCCN3)CC2)NO1. The Morgan fingerprint density at radius 2 is 1.84 bits per heavy atom. The second-order valence-corrected chi connectivity index (χ2v) is 11.4. The maximum atomic E-state index is 13.1. The van der Waals surface area contributed by atoms with Crippen LogP contribution in [0.15, 0.2) is 0 Å². The summed E-state index contributed by atoms with van der Waals surface area (Å²) < 4.78 is 0. The van der Waals surface area contributed by atoms with Gasteiger partial charge in [0.15, 0.2) is 0 Å². The molecule has 4 saturated heterocycles. The molecular formula is C24H45N5O2. The standard InChI is InChI=1S/C24H45N5O2/c1-24(2,3)21-16-20(27-31-21)14-19-17-25-9-7-18(19)15-23(30)29-12-10-28(11-13-29)22-6-4-5-8-26-22/h18-22,25-27H,4-17H2,1-3H3. The summed E-state index contributed by atoms with van der Waals surface area (Å²) in [5.74, 6) is 1.41. The van der Waals surface area contributed by atoms with Gasteiger partial charge in [0, 0.05) is 38.6 Å². The summed E-state index contributed by atoms with van der Waals surface area (Å²) in [5, 5.41) is 7.22. The Hall–Kier alpha value is -0.730. The zero-order valence-electron chi connectivity index (χ0n) is 20.0. The van der Waals surface area contributed by atoms with Gasteiger partial charge in [-0.15, -0.1) is 0 Å². The van der Waals surface area contributed by atoms with Crippen LogP contribution in [0.5, 0.6) is 0 Å². The minimum Gasteiger partial charge on any atom is -0.340 e. The van der Waals surface area contributed by atoms with E-state index in [-0.39, 0.29) is 11.5 Å². The average molecular weight is 436 g/mol. The molecule has 0 radical (unpaired) electrons. The molecule has 0 aromatic rings. The molecule has 1 amide bonds. The van der Waals surface area contributed by atoms with Crippen molar-refractivity contribution in [3.05, 3.63) is 0 Å². The number of nitrogens with one attached hydrogen (secondary N) is 3. The first-order valence-electron chi connectivity index (χ1n) is 12.8. The van der Waals surface area contributed by atoms with E-state index in [2.05, 4.69) is 46.7 Å². The molecule has 5 atom stereocenters. The van der Waals surface area contributed by atoms with Crippen molar-refractivity contribution < 1.29 is 9.63 Å². The molecule has 5 unspecified atom stereocenters. The Labute approximate surface area is 189 Å². The van der Waals surface area contributed by atoms with Gasteiger partial charge in [0.2, 0.25) is 5.91 Å². The van der Waals surface area contributed by atoms with Crippen LogP contribution in [0.25, 0.3) is 0 Å². The molecule has 0 aromatic heterocycles. The molecule has 4 heterocycles. The molecule has 0 spiro atoms. The van der Waals surface area contributed by atoms with Crippen molar-refractivity contribution in [3.8, 4) is 0 Å². The maximum Gasteiger partial charge on any atom is 0.222 e. The zero-order chi connectivity index (χ0) is 21.8. The van der Waals surface area contributed by atoms with Crippen LogP contribution in [0.4, 0.5) is 0 Å². The molecule has 31 heavy (non-hydrogen) atoms. The third-order valence-corrected chi connectivity index (χ3v) is 8.02. The van der Waals surface area contributed by atoms with Crippen LogP contribution >= 0.6 is 0 Å². The molecule has 178 valence electrons. The fourth-order valence-corrected chi connectivity index (χ4v) is 5.88. The first-order chi connectivity index (χ1) is 14.9. The number of hydrogen-bond acceptors (Lipinski definition) is 6. The van der Waals surface area contributed by atoms with E-state index in [4.69, 9.17) is 4.84 Å². The summed E-state index contributed by atoms with van der Waals surface area (Å²) in [6.45, 7) is 13.7. The van der Waals surface area contributed by atoms with Gasteiger partial charge in [-0.25, -0.2) is 0 Å². The average Bonchev–Trinajstić information content (AvgIpc) is 3.25. The van der Waals surface area contributed by atoms with E-state index in [0.717, 1.165) is 65.1 Å². The lowest BCUT2D eigenvalue weighted by atomic mass is 9.78. The Morgan fingerprint density at radius 1 is 1.03 bits per heavy atom. The Balaban J connectivity index is 1.24. The monoisotopic (exact) mass is 435 g/mol. The van der Waals surface area contributed by atoms with Crippen molar-refractivity contribution in [1.29, 1.82) is 0 Å². The number of piperazine rings is 1. The summed E-state index contributed by atoms with van der Waals surface area (Å²) in [6.07, 6.45) is 8.65. The van der Waals surface area contributed by atoms with Crippen LogP contribution in [0.3, 0.4) is 0 Å². The lowest BCUT2D eigenvalue weighted by molar-refractivity contribution is -0.135. The van der Waals surface area contributed by atoms with Gasteiger partial charge < -0.3 is 15.5 Å². The van der Waals surface area contributed by atoms with E-state index in [1.807, 2.05) is 0 Å². The fraction of sp³-hybridized carbons (Fsp3) is 0.958. The van der Waals surface area contributed by atoms with Gasteiger partial charge in [0.05, 0.1) is 12.3 Å². The number of amides is 1. The van der Waals surface area contributed by atoms with E-state index in [1.54, 1.807) is 0 Å². The third-order valence-electron chi connectivity index (χ3n) is 8.02. The Kier molecular flexibility index (Phi) is 7.91. The van der Waals surface area contributed by atoms with Gasteiger partial charge >= 0.3 is 0 Å². The van der Waals surface area contributed by atoms with Crippen molar-refractivity contribution in [2.24, 2.45) is 17.3 Å². The van der Waals surface area contributed by atoms with Crippen LogP contribution in [0, 0.1) is 17.3 Å². The van der Waals surface area contributed by atoms with Crippen molar-refractivity contribution >= 4 is 5.91 Å². The predicted octanol–water partition coefficient (Wildman–Crippen LogP) is 1.94. The van der Waals surface area contributed by atoms with Gasteiger partial charge in [-0.3, -0.25) is 14.5 Å². The number of hydrogen-bond donors (Lipinski definition) is 3. The molecule has 4 fully saturated rings. The van der Waals surface area contributed by atoms with E-state index < -0.39 is 0 Å². The number of hydroxylamine groups is 1. The van der Waals surface area contributed by atoms with E-state index in [0.29, 0.717) is 36.4 Å². The molecule has 0 aliphatic carbocycles. The Bertz CT molecular complexity index is 581. The minimum absolute atomic E-state index is 0.164. The van der Waals surface area contributed by atoms with Crippen molar-refractivity contribution in [2.45, 2.75) is 84.0 Å². The van der Waals surface area contributed by atoms with Crippen molar-refractivity contribution in [2.75, 3.05) is 45.8 Å². The smallest absolute Gasteiger partial charge is 0.222 e. The summed E-state index contributed by atoms with van der Waals surface area (Å²) >= 11 is 0. The fourth-order valence-electron chi connectivity index (χ4n) is 5.88. The second-order valence-electron chi connectivity index (χ2n) is 11.4. The van der Waals surface area contributed by atoms with Gasteiger partial charge in [-0.2, -0.15) is 5.48 Å². The van der Waals surface area contributed by atoms with E-state index in [9.17, 15) is 4.79 Å². The molecule has 4 aliphatic rings. The summed E-state index contributed by atoms with van der Waals surface area (Å²) in [7, 11) is 0. The molecule has 0 saturated carbocycles. The van der Waals surface area contributed by atoms with E-state index >= 15 is 0 Å². The largest absolute Gasteiger partial charge is 0.340 e. The summed E-state index contributed by atoms with van der Waals surface area (Å²) in [4.78, 5) is 23.7. The Morgan fingerprint density at radius 3 is 2.52 bits per heavy atom. The summed E-state index contributed by atoms with van der Waals surface area (Å²) in [5.41, 5.74) is 3.46. The van der Waals surface area contributed by atoms with Gasteiger partial charge in [-0.1, -0.05) is 20.8 Å². The molecule has 4 rings (SSSR count). The van der Waals surface area contributed by atoms with Crippen LogP contribution < -0.4 is 16.1 Å². The highest BCUT2D eigenvalue weighted by Crippen LogP contribution is 2.34. The first-order valence-corrected chi connectivity index (χ1v) is 12.8. The number of rotatable bonds is 5. The third kappa shape index (κ3) is 6.20. The van der Waals surface area contributed by atoms with Crippen LogP contribution in [0.2, 0.25) is 0 Å². The molecule has 4 aliphatic heterocycles. The minimum atomic E-state index is 0.164.